The van der Waals surface area contributed by atoms with Gasteiger partial charge in [0.25, 0.3) is 0 Å². The maximum absolute atomic E-state index is 14.8. The van der Waals surface area contributed by atoms with Crippen LogP contribution in [0.25, 0.3) is 11.1 Å². The standard InChI is InChI=1S/C25H21FN4O2S/c1-17-24(19-10-6-3-7-11-19)25(23(15-27-17)30(31)32)29-14-22-21(26)12-20(13-28-22)33-16-18-8-4-2-5-9-18/h2-13,15H,14,16H2,1H3,(H,27,29). The molecule has 2 heterocycles. The zero-order valence-corrected chi connectivity index (χ0v) is 18.7. The molecule has 0 fully saturated rings. The van der Waals surface area contributed by atoms with Gasteiger partial charge in [-0.1, -0.05) is 60.7 Å². The van der Waals surface area contributed by atoms with Crippen molar-refractivity contribution in [1.82, 2.24) is 9.97 Å². The highest BCUT2D eigenvalue weighted by Crippen LogP contribution is 2.37. The lowest BCUT2D eigenvalue weighted by Crippen LogP contribution is -2.09. The summed E-state index contributed by atoms with van der Waals surface area (Å²) in [6.45, 7) is 1.79. The van der Waals surface area contributed by atoms with E-state index in [1.165, 1.54) is 24.0 Å². The van der Waals surface area contributed by atoms with Crippen molar-refractivity contribution < 1.29 is 9.31 Å². The highest BCUT2D eigenvalue weighted by Gasteiger charge is 2.22. The molecule has 0 aliphatic heterocycles. The fourth-order valence-corrected chi connectivity index (χ4v) is 4.28. The van der Waals surface area contributed by atoms with Crippen LogP contribution in [0.3, 0.4) is 0 Å². The van der Waals surface area contributed by atoms with Gasteiger partial charge in [-0.25, -0.2) is 4.39 Å². The Kier molecular flexibility index (Phi) is 6.95. The van der Waals surface area contributed by atoms with Gasteiger partial charge in [-0.3, -0.25) is 20.1 Å². The summed E-state index contributed by atoms with van der Waals surface area (Å²) < 4.78 is 14.8. The molecule has 33 heavy (non-hydrogen) atoms. The van der Waals surface area contributed by atoms with Crippen LogP contribution in [0.4, 0.5) is 15.8 Å². The van der Waals surface area contributed by atoms with Crippen LogP contribution in [0, 0.1) is 22.9 Å². The van der Waals surface area contributed by atoms with E-state index in [1.54, 1.807) is 13.1 Å². The number of rotatable bonds is 8. The lowest BCUT2D eigenvalue weighted by atomic mass is 10.0. The molecular formula is C25H21FN4O2S. The minimum absolute atomic E-state index is 0.000405. The Balaban J connectivity index is 1.56. The van der Waals surface area contributed by atoms with E-state index < -0.39 is 10.7 Å². The summed E-state index contributed by atoms with van der Waals surface area (Å²) in [5.41, 5.74) is 3.48. The zero-order chi connectivity index (χ0) is 23.2. The number of anilines is 1. The molecule has 8 heteroatoms. The zero-order valence-electron chi connectivity index (χ0n) is 17.9. The number of hydrogen-bond donors (Lipinski definition) is 1. The summed E-state index contributed by atoms with van der Waals surface area (Å²) in [6.07, 6.45) is 2.84. The molecule has 0 spiro atoms. The molecule has 0 bridgehead atoms. The van der Waals surface area contributed by atoms with E-state index in [-0.39, 0.29) is 17.9 Å². The fraction of sp³-hybridized carbons (Fsp3) is 0.120. The first-order chi connectivity index (χ1) is 16.0. The average molecular weight is 461 g/mol. The number of halogens is 1. The normalized spacial score (nSPS) is 10.7. The summed E-state index contributed by atoms with van der Waals surface area (Å²) in [6, 6.07) is 20.7. The molecule has 4 rings (SSSR count). The molecule has 2 aromatic heterocycles. The first-order valence-electron chi connectivity index (χ1n) is 10.3. The number of aryl methyl sites for hydroxylation is 1. The van der Waals surface area contributed by atoms with Crippen molar-refractivity contribution in [3.63, 3.8) is 0 Å². The largest absolute Gasteiger partial charge is 0.373 e. The Morgan fingerprint density at radius 1 is 1.03 bits per heavy atom. The smallest absolute Gasteiger partial charge is 0.311 e. The molecular weight excluding hydrogens is 439 g/mol. The highest BCUT2D eigenvalue weighted by molar-refractivity contribution is 7.98. The van der Waals surface area contributed by atoms with E-state index in [0.29, 0.717) is 22.7 Å². The van der Waals surface area contributed by atoms with Crippen molar-refractivity contribution in [1.29, 1.82) is 0 Å². The number of nitrogens with zero attached hydrogens (tertiary/aromatic N) is 3. The summed E-state index contributed by atoms with van der Waals surface area (Å²) in [5, 5.41) is 14.7. The van der Waals surface area contributed by atoms with Gasteiger partial charge in [0.15, 0.2) is 0 Å². The van der Waals surface area contributed by atoms with Gasteiger partial charge in [-0.05, 0) is 24.1 Å². The van der Waals surface area contributed by atoms with Crippen LogP contribution in [0.1, 0.15) is 17.0 Å². The molecule has 1 N–H and O–H groups in total. The summed E-state index contributed by atoms with van der Waals surface area (Å²) in [4.78, 5) is 20.3. The second kappa shape index (κ2) is 10.2. The molecule has 2 aromatic carbocycles. The SMILES string of the molecule is Cc1ncc([N+](=O)[O-])c(NCc2ncc(SCc3ccccc3)cc2F)c1-c1ccccc1. The van der Waals surface area contributed by atoms with Gasteiger partial charge in [-0.2, -0.15) is 0 Å². The third-order valence-corrected chi connectivity index (χ3v) is 6.12. The topological polar surface area (TPSA) is 81.0 Å². The molecule has 0 unspecified atom stereocenters. The average Bonchev–Trinajstić information content (AvgIpc) is 2.83. The molecule has 6 nitrogen and oxygen atoms in total. The number of pyridine rings is 2. The minimum Gasteiger partial charge on any atom is -0.373 e. The first-order valence-corrected chi connectivity index (χ1v) is 11.3. The number of benzene rings is 2. The van der Waals surface area contributed by atoms with Crippen LogP contribution < -0.4 is 5.32 Å². The van der Waals surface area contributed by atoms with Gasteiger partial charge in [0.1, 0.15) is 17.7 Å². The van der Waals surface area contributed by atoms with Crippen LogP contribution in [0.2, 0.25) is 0 Å². The van der Waals surface area contributed by atoms with Gasteiger partial charge >= 0.3 is 5.69 Å². The lowest BCUT2D eigenvalue weighted by Gasteiger charge is -2.15. The van der Waals surface area contributed by atoms with Crippen molar-refractivity contribution in [2.24, 2.45) is 0 Å². The Labute approximate surface area is 195 Å². The van der Waals surface area contributed by atoms with E-state index in [2.05, 4.69) is 15.3 Å². The van der Waals surface area contributed by atoms with Crippen molar-refractivity contribution in [3.8, 4) is 11.1 Å². The molecule has 4 aromatic rings. The van der Waals surface area contributed by atoms with Gasteiger partial charge in [-0.15, -0.1) is 11.8 Å². The fourth-order valence-electron chi connectivity index (χ4n) is 3.44. The van der Waals surface area contributed by atoms with Crippen molar-refractivity contribution in [3.05, 3.63) is 112 Å². The maximum Gasteiger partial charge on any atom is 0.311 e. The second-order valence-corrected chi connectivity index (χ2v) is 8.38. The van der Waals surface area contributed by atoms with Crippen LogP contribution >= 0.6 is 11.8 Å². The summed E-state index contributed by atoms with van der Waals surface area (Å²) >= 11 is 1.50. The Morgan fingerprint density at radius 2 is 1.73 bits per heavy atom. The van der Waals surface area contributed by atoms with Crippen LogP contribution in [0.15, 0.2) is 84.0 Å². The number of nitrogens with one attached hydrogen (secondary N) is 1. The van der Waals surface area contributed by atoms with E-state index in [0.717, 1.165) is 16.0 Å². The number of hydrogen-bond acceptors (Lipinski definition) is 6. The molecule has 0 atom stereocenters. The number of nitro groups is 1. The Morgan fingerprint density at radius 3 is 2.39 bits per heavy atom. The second-order valence-electron chi connectivity index (χ2n) is 7.33. The van der Waals surface area contributed by atoms with Gasteiger partial charge in [0.05, 0.1) is 17.2 Å². The van der Waals surface area contributed by atoms with Crippen LogP contribution in [-0.4, -0.2) is 14.9 Å². The Bertz CT molecular complexity index is 1270. The van der Waals surface area contributed by atoms with E-state index in [1.807, 2.05) is 60.7 Å². The highest BCUT2D eigenvalue weighted by atomic mass is 32.2. The number of aromatic nitrogens is 2. The molecule has 0 saturated heterocycles. The molecule has 0 aliphatic carbocycles. The molecule has 0 saturated carbocycles. The van der Waals surface area contributed by atoms with Crippen molar-refractivity contribution in [2.75, 3.05) is 5.32 Å². The first kappa shape index (κ1) is 22.4. The molecule has 166 valence electrons. The van der Waals surface area contributed by atoms with Gasteiger partial charge in [0, 0.05) is 28.1 Å². The molecule has 0 amide bonds. The summed E-state index contributed by atoms with van der Waals surface area (Å²) in [7, 11) is 0. The minimum atomic E-state index is -0.492. The molecule has 0 radical (unpaired) electrons. The Hall–Kier alpha value is -3.78. The van der Waals surface area contributed by atoms with Gasteiger partial charge in [0.2, 0.25) is 0 Å². The predicted octanol–water partition coefficient (Wildman–Crippen LogP) is 6.40. The molecule has 0 aliphatic rings. The van der Waals surface area contributed by atoms with Crippen LogP contribution in [0.5, 0.6) is 0 Å². The van der Waals surface area contributed by atoms with Gasteiger partial charge < -0.3 is 5.32 Å². The number of thioether (sulfide) groups is 1. The third kappa shape index (κ3) is 5.35. The van der Waals surface area contributed by atoms with Crippen molar-refractivity contribution in [2.45, 2.75) is 24.1 Å². The third-order valence-electron chi connectivity index (χ3n) is 5.08. The van der Waals surface area contributed by atoms with Crippen LogP contribution in [-0.2, 0) is 12.3 Å². The predicted molar refractivity (Wildman–Crippen MR) is 129 cm³/mol. The maximum atomic E-state index is 14.8. The lowest BCUT2D eigenvalue weighted by molar-refractivity contribution is -0.384. The van der Waals surface area contributed by atoms with E-state index in [4.69, 9.17) is 0 Å². The monoisotopic (exact) mass is 460 g/mol. The van der Waals surface area contributed by atoms with Crippen molar-refractivity contribution >= 4 is 23.1 Å². The van der Waals surface area contributed by atoms with E-state index in [9.17, 15) is 14.5 Å². The quantitative estimate of drug-likeness (QED) is 0.186. The summed E-state index contributed by atoms with van der Waals surface area (Å²) in [5.74, 6) is 0.248. The van der Waals surface area contributed by atoms with E-state index >= 15 is 0 Å².